The van der Waals surface area contributed by atoms with Crippen LogP contribution in [0.3, 0.4) is 0 Å². The van der Waals surface area contributed by atoms with Crippen LogP contribution in [0.5, 0.6) is 0 Å². The molecular formula is C9H23NPS+. The number of hydrogen-bond donors (Lipinski definition) is 0. The Bertz CT molecular complexity index is 98.7. The smallest absolute Gasteiger partial charge is 0.117 e. The minimum absolute atomic E-state index is 0.455. The highest BCUT2D eigenvalue weighted by atomic mass is 32.7. The molecule has 0 saturated heterocycles. The summed E-state index contributed by atoms with van der Waals surface area (Å²) in [5, 5.41) is 0. The molecule has 0 aliphatic heterocycles. The maximum absolute atomic E-state index is 2.61. The summed E-state index contributed by atoms with van der Waals surface area (Å²) in [7, 11) is 0.455. The van der Waals surface area contributed by atoms with E-state index in [4.69, 9.17) is 0 Å². The molecule has 0 aromatic rings. The van der Waals surface area contributed by atoms with Crippen molar-refractivity contribution in [3.8, 4) is 0 Å². The standard InChI is InChI=1S/C9H22NPS/c1-6-7-12-11-10(8(2)3)9(4)5/h8-9,11H,6-7H2,1-5H3/p+1. The Balaban J connectivity index is 3.64. The van der Waals surface area contributed by atoms with Gasteiger partial charge in [-0.1, -0.05) is 6.92 Å². The molecule has 12 heavy (non-hydrogen) atoms. The van der Waals surface area contributed by atoms with Crippen molar-refractivity contribution in [3.63, 3.8) is 0 Å². The van der Waals surface area contributed by atoms with Gasteiger partial charge in [0.05, 0.1) is 0 Å². The molecule has 0 amide bonds. The molecule has 0 spiro atoms. The summed E-state index contributed by atoms with van der Waals surface area (Å²) in [6.45, 7) is 11.4. The molecule has 0 bridgehead atoms. The van der Waals surface area contributed by atoms with Gasteiger partial charge in [-0.25, -0.2) is 0 Å². The van der Waals surface area contributed by atoms with Gasteiger partial charge in [0.1, 0.15) is 7.93 Å². The van der Waals surface area contributed by atoms with E-state index < -0.39 is 0 Å². The lowest BCUT2D eigenvalue weighted by molar-refractivity contribution is 0.333. The molecule has 0 aromatic heterocycles. The van der Waals surface area contributed by atoms with Crippen LogP contribution in [0.2, 0.25) is 0 Å². The van der Waals surface area contributed by atoms with Gasteiger partial charge in [-0.15, -0.1) is 0 Å². The number of rotatable bonds is 6. The summed E-state index contributed by atoms with van der Waals surface area (Å²) < 4.78 is 2.61. The van der Waals surface area contributed by atoms with E-state index in [0.29, 0.717) is 20.0 Å². The molecule has 0 radical (unpaired) electrons. The van der Waals surface area contributed by atoms with Crippen LogP contribution in [0.15, 0.2) is 0 Å². The Morgan fingerprint density at radius 2 is 1.67 bits per heavy atom. The molecule has 74 valence electrons. The SMILES string of the molecule is CCCS[PH2+]N(C(C)C)C(C)C. The fourth-order valence-corrected chi connectivity index (χ4v) is 5.10. The molecule has 3 heteroatoms. The quantitative estimate of drug-likeness (QED) is 0.485. The van der Waals surface area contributed by atoms with Crippen LogP contribution < -0.4 is 0 Å². The van der Waals surface area contributed by atoms with Gasteiger partial charge < -0.3 is 0 Å². The minimum Gasteiger partial charge on any atom is -0.169 e. The van der Waals surface area contributed by atoms with E-state index in [1.807, 2.05) is 0 Å². The van der Waals surface area contributed by atoms with Crippen molar-refractivity contribution in [1.82, 2.24) is 4.67 Å². The molecule has 1 atom stereocenters. The Labute approximate surface area is 83.3 Å². The van der Waals surface area contributed by atoms with Crippen LogP contribution in [-0.4, -0.2) is 22.5 Å². The molecule has 0 saturated carbocycles. The normalized spacial score (nSPS) is 13.0. The highest BCUT2D eigenvalue weighted by molar-refractivity contribution is 8.48. The van der Waals surface area contributed by atoms with Crippen LogP contribution >= 0.6 is 19.3 Å². The topological polar surface area (TPSA) is 3.24 Å². The van der Waals surface area contributed by atoms with Crippen molar-refractivity contribution in [1.29, 1.82) is 0 Å². The number of nitrogens with zero attached hydrogens (tertiary/aromatic N) is 1. The first kappa shape index (κ1) is 12.7. The van der Waals surface area contributed by atoms with Gasteiger partial charge in [0.25, 0.3) is 0 Å². The van der Waals surface area contributed by atoms with Crippen LogP contribution in [0.4, 0.5) is 0 Å². The van der Waals surface area contributed by atoms with Crippen molar-refractivity contribution in [3.05, 3.63) is 0 Å². The van der Waals surface area contributed by atoms with E-state index in [-0.39, 0.29) is 0 Å². The first-order chi connectivity index (χ1) is 5.59. The van der Waals surface area contributed by atoms with Crippen LogP contribution in [-0.2, 0) is 0 Å². The van der Waals surface area contributed by atoms with Gasteiger partial charge in [-0.3, -0.25) is 0 Å². The van der Waals surface area contributed by atoms with Gasteiger partial charge >= 0.3 is 0 Å². The Morgan fingerprint density at radius 1 is 1.17 bits per heavy atom. The van der Waals surface area contributed by atoms with Crippen molar-refractivity contribution in [2.45, 2.75) is 53.1 Å². The molecule has 0 rings (SSSR count). The molecule has 0 aliphatic carbocycles. The lowest BCUT2D eigenvalue weighted by atomic mass is 10.3. The van der Waals surface area contributed by atoms with E-state index in [1.54, 1.807) is 0 Å². The number of hydrogen-bond acceptors (Lipinski definition) is 2. The van der Waals surface area contributed by atoms with Gasteiger partial charge in [0.2, 0.25) is 0 Å². The van der Waals surface area contributed by atoms with Gasteiger partial charge in [-0.2, -0.15) is 4.67 Å². The zero-order valence-corrected chi connectivity index (χ0v) is 11.0. The minimum atomic E-state index is 0.455. The zero-order valence-electron chi connectivity index (χ0n) is 9.00. The highest BCUT2D eigenvalue weighted by Gasteiger charge is 2.18. The molecule has 1 unspecified atom stereocenters. The highest BCUT2D eigenvalue weighted by Crippen LogP contribution is 2.37. The molecular weight excluding hydrogens is 185 g/mol. The maximum atomic E-state index is 2.61. The summed E-state index contributed by atoms with van der Waals surface area (Å²) in [5.74, 6) is 1.32. The Morgan fingerprint density at radius 3 is 2.00 bits per heavy atom. The zero-order chi connectivity index (χ0) is 9.56. The Kier molecular flexibility index (Phi) is 7.62. The summed E-state index contributed by atoms with van der Waals surface area (Å²) in [6, 6.07) is 1.42. The molecule has 0 aliphatic rings. The predicted octanol–water partition coefficient (Wildman–Crippen LogP) is 3.49. The predicted molar refractivity (Wildman–Crippen MR) is 64.6 cm³/mol. The second-order valence-corrected chi connectivity index (χ2v) is 6.79. The van der Waals surface area contributed by atoms with Gasteiger partial charge in [0.15, 0.2) is 0 Å². The molecule has 1 nitrogen and oxygen atoms in total. The van der Waals surface area contributed by atoms with Gasteiger partial charge in [-0.05, 0) is 34.1 Å². The van der Waals surface area contributed by atoms with Crippen molar-refractivity contribution >= 4 is 19.3 Å². The van der Waals surface area contributed by atoms with Crippen molar-refractivity contribution in [2.24, 2.45) is 0 Å². The van der Waals surface area contributed by atoms with E-state index >= 15 is 0 Å². The van der Waals surface area contributed by atoms with Crippen LogP contribution in [0.1, 0.15) is 41.0 Å². The van der Waals surface area contributed by atoms with E-state index in [2.05, 4.69) is 50.7 Å². The first-order valence-electron chi connectivity index (χ1n) is 4.82. The third kappa shape index (κ3) is 5.40. The summed E-state index contributed by atoms with van der Waals surface area (Å²) in [6.07, 6.45) is 1.31. The van der Waals surface area contributed by atoms with Crippen LogP contribution in [0, 0.1) is 0 Å². The second kappa shape index (κ2) is 7.17. The molecule has 0 N–H and O–H groups in total. The van der Waals surface area contributed by atoms with Gasteiger partial charge in [0, 0.05) is 29.2 Å². The summed E-state index contributed by atoms with van der Waals surface area (Å²) >= 11 is 2.13. The lowest BCUT2D eigenvalue weighted by Gasteiger charge is -2.23. The fraction of sp³-hybridized carbons (Fsp3) is 1.00. The first-order valence-corrected chi connectivity index (χ1v) is 7.79. The lowest BCUT2D eigenvalue weighted by Crippen LogP contribution is -2.28. The van der Waals surface area contributed by atoms with E-state index in [0.717, 1.165) is 0 Å². The van der Waals surface area contributed by atoms with Crippen molar-refractivity contribution < 1.29 is 0 Å². The fourth-order valence-electron chi connectivity index (χ4n) is 1.10. The van der Waals surface area contributed by atoms with Crippen molar-refractivity contribution in [2.75, 3.05) is 5.75 Å². The molecule has 0 heterocycles. The van der Waals surface area contributed by atoms with E-state index in [9.17, 15) is 0 Å². The maximum Gasteiger partial charge on any atom is 0.117 e. The largest absolute Gasteiger partial charge is 0.169 e. The molecule has 0 fully saturated rings. The van der Waals surface area contributed by atoms with E-state index in [1.165, 1.54) is 12.2 Å². The third-order valence-corrected chi connectivity index (χ3v) is 5.82. The Hall–Kier alpha value is 0.740. The molecule has 0 aromatic carbocycles. The van der Waals surface area contributed by atoms with Crippen LogP contribution in [0.25, 0.3) is 0 Å². The monoisotopic (exact) mass is 208 g/mol. The summed E-state index contributed by atoms with van der Waals surface area (Å²) in [4.78, 5) is 0. The average Bonchev–Trinajstić information content (AvgIpc) is 1.96. The second-order valence-electron chi connectivity index (χ2n) is 3.61. The average molecular weight is 208 g/mol. The summed E-state index contributed by atoms with van der Waals surface area (Å²) in [5.41, 5.74) is 0. The third-order valence-electron chi connectivity index (χ3n) is 1.71.